The van der Waals surface area contributed by atoms with Crippen LogP contribution >= 0.6 is 0 Å². The molecule has 0 aliphatic rings. The SMILES string of the molecule is CCCCCO[SiH](c1ccccc1)[Si](OCCCC)(c1ccccc1)c1ccccc1. The molecule has 1 unspecified atom stereocenters. The molecule has 0 spiro atoms. The van der Waals surface area contributed by atoms with Gasteiger partial charge in [-0.3, -0.25) is 0 Å². The first-order valence-corrected chi connectivity index (χ1v) is 16.5. The molecule has 0 radical (unpaired) electrons. The summed E-state index contributed by atoms with van der Waals surface area (Å²) in [7, 11) is -4.56. The van der Waals surface area contributed by atoms with Gasteiger partial charge in [-0.1, -0.05) is 124 Å². The molecular formula is C27H36O2Si2. The van der Waals surface area contributed by atoms with Crippen molar-refractivity contribution in [2.24, 2.45) is 0 Å². The highest BCUT2D eigenvalue weighted by Gasteiger charge is 2.50. The van der Waals surface area contributed by atoms with Gasteiger partial charge in [-0.25, -0.2) is 0 Å². The fraction of sp³-hybridized carbons (Fsp3) is 0.333. The molecule has 0 heterocycles. The van der Waals surface area contributed by atoms with Crippen LogP contribution in [-0.4, -0.2) is 29.6 Å². The molecule has 0 aliphatic carbocycles. The van der Waals surface area contributed by atoms with Gasteiger partial charge in [0, 0.05) is 13.2 Å². The lowest BCUT2D eigenvalue weighted by molar-refractivity contribution is 0.293. The summed E-state index contributed by atoms with van der Waals surface area (Å²) in [5, 5.41) is 4.00. The summed E-state index contributed by atoms with van der Waals surface area (Å²) in [4.78, 5) is 0. The highest BCUT2D eigenvalue weighted by molar-refractivity contribution is 7.43. The van der Waals surface area contributed by atoms with E-state index in [1.165, 1.54) is 28.4 Å². The van der Waals surface area contributed by atoms with E-state index in [-0.39, 0.29) is 0 Å². The van der Waals surface area contributed by atoms with Crippen LogP contribution in [0.4, 0.5) is 0 Å². The lowest BCUT2D eigenvalue weighted by atomic mass is 10.3. The van der Waals surface area contributed by atoms with Gasteiger partial charge in [0.25, 0.3) is 7.83 Å². The molecule has 0 aliphatic heterocycles. The van der Waals surface area contributed by atoms with E-state index >= 15 is 0 Å². The van der Waals surface area contributed by atoms with E-state index in [1.807, 2.05) is 0 Å². The van der Waals surface area contributed by atoms with Crippen LogP contribution in [0, 0.1) is 0 Å². The molecule has 0 fully saturated rings. The Morgan fingerprint density at radius 2 is 1.13 bits per heavy atom. The third-order valence-electron chi connectivity index (χ3n) is 5.74. The molecule has 164 valence electrons. The van der Waals surface area contributed by atoms with Crippen molar-refractivity contribution < 1.29 is 8.85 Å². The van der Waals surface area contributed by atoms with Gasteiger partial charge in [0.1, 0.15) is 0 Å². The summed E-state index contributed by atoms with van der Waals surface area (Å²) < 4.78 is 14.0. The maximum atomic E-state index is 7.09. The molecule has 3 aromatic rings. The van der Waals surface area contributed by atoms with Crippen molar-refractivity contribution in [1.82, 2.24) is 0 Å². The largest absolute Gasteiger partial charge is 0.414 e. The van der Waals surface area contributed by atoms with Gasteiger partial charge < -0.3 is 8.85 Å². The predicted molar refractivity (Wildman–Crippen MR) is 137 cm³/mol. The molecule has 4 heteroatoms. The first-order valence-electron chi connectivity index (χ1n) is 11.7. The molecule has 0 aromatic heterocycles. The molecule has 31 heavy (non-hydrogen) atoms. The number of unbranched alkanes of at least 4 members (excludes halogenated alkanes) is 3. The third-order valence-corrected chi connectivity index (χ3v) is 17.3. The highest BCUT2D eigenvalue weighted by Crippen LogP contribution is 2.16. The predicted octanol–water partition coefficient (Wildman–Crippen LogP) is 4.48. The molecule has 0 saturated heterocycles. The second-order valence-electron chi connectivity index (χ2n) is 8.04. The first kappa shape index (κ1) is 23.7. The van der Waals surface area contributed by atoms with Gasteiger partial charge in [-0.2, -0.15) is 0 Å². The van der Waals surface area contributed by atoms with E-state index in [0.717, 1.165) is 32.5 Å². The van der Waals surface area contributed by atoms with Crippen molar-refractivity contribution in [2.45, 2.75) is 46.0 Å². The highest BCUT2D eigenvalue weighted by atomic mass is 29.3. The minimum absolute atomic E-state index is 0.779. The van der Waals surface area contributed by atoms with Crippen LogP contribution in [0.15, 0.2) is 91.0 Å². The normalized spacial score (nSPS) is 12.6. The van der Waals surface area contributed by atoms with E-state index in [1.54, 1.807) is 0 Å². The standard InChI is InChI=1S/C27H36O2Si2/c1-3-5-16-23-28-30(25-17-10-7-11-18-25)31(29-24-6-4-2,26-19-12-8-13-20-26)27-21-14-9-15-22-27/h7-15,17-22,30H,3-6,16,23-24H2,1-2H3. The molecule has 3 aromatic carbocycles. The average molecular weight is 449 g/mol. The first-order chi connectivity index (χ1) is 15.3. The van der Waals surface area contributed by atoms with E-state index in [4.69, 9.17) is 8.85 Å². The maximum absolute atomic E-state index is 7.09. The van der Waals surface area contributed by atoms with Gasteiger partial charge in [-0.15, -0.1) is 0 Å². The van der Waals surface area contributed by atoms with E-state index in [2.05, 4.69) is 105 Å². The second kappa shape index (κ2) is 12.8. The third kappa shape index (κ3) is 6.04. The summed E-state index contributed by atoms with van der Waals surface area (Å²) in [5.74, 6) is 0. The summed E-state index contributed by atoms with van der Waals surface area (Å²) in [6.45, 7) is 6.06. The maximum Gasteiger partial charge on any atom is 0.273 e. The Morgan fingerprint density at radius 1 is 0.613 bits per heavy atom. The lowest BCUT2D eigenvalue weighted by Gasteiger charge is -2.38. The Bertz CT molecular complexity index is 817. The monoisotopic (exact) mass is 448 g/mol. The summed E-state index contributed by atoms with van der Waals surface area (Å²) in [6.07, 6.45) is 5.71. The van der Waals surface area contributed by atoms with Crippen LogP contribution in [0.1, 0.15) is 46.0 Å². The van der Waals surface area contributed by atoms with Crippen molar-refractivity contribution in [2.75, 3.05) is 13.2 Å². The molecule has 0 amide bonds. The van der Waals surface area contributed by atoms with Gasteiger partial charge in [-0.05, 0) is 28.4 Å². The molecule has 0 saturated carbocycles. The van der Waals surface area contributed by atoms with Gasteiger partial charge in [0.05, 0.1) is 0 Å². The van der Waals surface area contributed by atoms with Gasteiger partial charge in [0.2, 0.25) is 8.56 Å². The second-order valence-corrected chi connectivity index (χ2v) is 16.7. The molecule has 2 nitrogen and oxygen atoms in total. The molecule has 0 bridgehead atoms. The van der Waals surface area contributed by atoms with Crippen molar-refractivity contribution in [1.29, 1.82) is 0 Å². The molecule has 0 N–H and O–H groups in total. The van der Waals surface area contributed by atoms with Crippen LogP contribution in [-0.2, 0) is 8.85 Å². The smallest absolute Gasteiger partial charge is 0.273 e. The molecule has 3 rings (SSSR count). The minimum atomic E-state index is -2.60. The average Bonchev–Trinajstić information content (AvgIpc) is 2.84. The zero-order valence-electron chi connectivity index (χ0n) is 19.0. The molecule has 1 atom stereocenters. The Kier molecular flexibility index (Phi) is 9.75. The van der Waals surface area contributed by atoms with Crippen molar-refractivity contribution in [3.63, 3.8) is 0 Å². The van der Waals surface area contributed by atoms with Crippen LogP contribution < -0.4 is 15.6 Å². The summed E-state index contributed by atoms with van der Waals surface area (Å²) in [5.41, 5.74) is 0. The fourth-order valence-electron chi connectivity index (χ4n) is 4.09. The summed E-state index contributed by atoms with van der Waals surface area (Å²) in [6, 6.07) is 32.8. The van der Waals surface area contributed by atoms with E-state index in [9.17, 15) is 0 Å². The van der Waals surface area contributed by atoms with Crippen LogP contribution in [0.25, 0.3) is 0 Å². The van der Waals surface area contributed by atoms with Crippen molar-refractivity contribution in [3.8, 4) is 0 Å². The Labute approximate surface area is 190 Å². The summed E-state index contributed by atoms with van der Waals surface area (Å²) >= 11 is 0. The van der Waals surface area contributed by atoms with Gasteiger partial charge >= 0.3 is 0 Å². The Balaban J connectivity index is 2.15. The number of hydrogen-bond acceptors (Lipinski definition) is 2. The quantitative estimate of drug-likeness (QED) is 0.283. The van der Waals surface area contributed by atoms with Crippen LogP contribution in [0.3, 0.4) is 0 Å². The van der Waals surface area contributed by atoms with Crippen molar-refractivity contribution in [3.05, 3.63) is 91.0 Å². The van der Waals surface area contributed by atoms with E-state index in [0.29, 0.717) is 0 Å². The lowest BCUT2D eigenvalue weighted by Crippen LogP contribution is -2.75. The zero-order valence-corrected chi connectivity index (χ0v) is 21.2. The Morgan fingerprint density at radius 3 is 1.65 bits per heavy atom. The zero-order chi connectivity index (χ0) is 21.8. The fourth-order valence-corrected chi connectivity index (χ4v) is 16.0. The Hall–Kier alpha value is -1.99. The minimum Gasteiger partial charge on any atom is -0.414 e. The number of hydrogen-bond donors (Lipinski definition) is 0. The van der Waals surface area contributed by atoms with Crippen LogP contribution in [0.2, 0.25) is 0 Å². The van der Waals surface area contributed by atoms with Crippen LogP contribution in [0.5, 0.6) is 0 Å². The molecular weight excluding hydrogens is 412 g/mol. The van der Waals surface area contributed by atoms with E-state index < -0.39 is 16.4 Å². The number of rotatable bonds is 13. The van der Waals surface area contributed by atoms with Gasteiger partial charge in [0.15, 0.2) is 0 Å². The topological polar surface area (TPSA) is 18.5 Å². The number of benzene rings is 3. The van der Waals surface area contributed by atoms with Crippen molar-refractivity contribution >= 4 is 32.0 Å².